The molecule has 1 aliphatic heterocycles. The molecular weight excluding hydrogens is 534 g/mol. The Morgan fingerprint density at radius 1 is 1.15 bits per heavy atom. The maximum absolute atomic E-state index is 15.8. The van der Waals surface area contributed by atoms with Gasteiger partial charge < -0.3 is 14.6 Å². The van der Waals surface area contributed by atoms with Gasteiger partial charge in [-0.1, -0.05) is 0 Å². The van der Waals surface area contributed by atoms with Crippen molar-refractivity contribution in [2.75, 3.05) is 33.4 Å². The van der Waals surface area contributed by atoms with E-state index < -0.39 is 41.6 Å². The number of nitrogens with one attached hydrogen (secondary N) is 1. The summed E-state index contributed by atoms with van der Waals surface area (Å²) in [6, 6.07) is 6.61. The zero-order chi connectivity index (χ0) is 28.9. The first-order chi connectivity index (χ1) is 19.2. The van der Waals surface area contributed by atoms with Crippen LogP contribution in [0, 0.1) is 22.9 Å². The van der Waals surface area contributed by atoms with Crippen molar-refractivity contribution >= 4 is 16.8 Å². The van der Waals surface area contributed by atoms with Crippen LogP contribution in [0.1, 0.15) is 43.0 Å². The van der Waals surface area contributed by atoms with Gasteiger partial charge in [-0.15, -0.1) is 0 Å². The number of fused-ring (bicyclic) bond motifs is 1. The smallest absolute Gasteiger partial charge is 0.249 e. The van der Waals surface area contributed by atoms with Gasteiger partial charge in [0.15, 0.2) is 17.5 Å². The van der Waals surface area contributed by atoms with Crippen LogP contribution in [0.5, 0.6) is 11.5 Å². The van der Waals surface area contributed by atoms with Gasteiger partial charge in [0.1, 0.15) is 24.3 Å². The minimum Gasteiger partial charge on any atom is -0.497 e. The number of rotatable bonds is 11. The topological polar surface area (TPSA) is 104 Å². The van der Waals surface area contributed by atoms with Crippen LogP contribution in [-0.4, -0.2) is 59.5 Å². The normalized spacial score (nSPS) is 16.1. The molecule has 1 aromatic heterocycles. The van der Waals surface area contributed by atoms with Crippen molar-refractivity contribution in [1.29, 1.82) is 0 Å². The Morgan fingerprint density at radius 2 is 1.85 bits per heavy atom. The highest BCUT2D eigenvalue weighted by molar-refractivity contribution is 5.85. The van der Waals surface area contributed by atoms with Crippen molar-refractivity contribution in [3.63, 3.8) is 0 Å². The predicted molar refractivity (Wildman–Crippen MR) is 137 cm³/mol. The fraction of sp³-hybridized carbons (Fsp3) is 0.429. The summed E-state index contributed by atoms with van der Waals surface area (Å²) in [6.45, 7) is 0.882. The van der Waals surface area contributed by atoms with E-state index in [2.05, 4.69) is 4.98 Å². The first kappa shape index (κ1) is 29.5. The molecule has 1 atom stereocenters. The number of aliphatic hydroxyl groups is 1. The number of aliphatic hydroxyl groups excluding tert-OH is 1. The number of piperidine rings is 1. The summed E-state index contributed by atoms with van der Waals surface area (Å²) in [4.78, 5) is 19.0. The van der Waals surface area contributed by atoms with Crippen molar-refractivity contribution in [1.82, 2.24) is 15.4 Å². The number of benzene rings is 2. The number of hydrogen-bond donors (Lipinski definition) is 3. The molecule has 0 bridgehead atoms. The average molecular weight is 566 g/mol. The molecule has 12 heteroatoms. The highest BCUT2D eigenvalue weighted by Gasteiger charge is 2.41. The second-order valence-corrected chi connectivity index (χ2v) is 9.86. The first-order valence-corrected chi connectivity index (χ1v) is 12.9. The SMILES string of the molecule is COc1ccc2ncc(CO)c([C@H](F)CCC3(C(=O)NO)CCN(CCOc4cc(F)c(F)c(F)c4)CC3)c2c1. The number of alkyl halides is 1. The zero-order valence-electron chi connectivity index (χ0n) is 21.9. The minimum atomic E-state index is -1.57. The van der Waals surface area contributed by atoms with Crippen LogP contribution in [0.2, 0.25) is 0 Å². The summed E-state index contributed by atoms with van der Waals surface area (Å²) in [5, 5.41) is 19.8. The molecule has 4 rings (SSSR count). The molecule has 0 unspecified atom stereocenters. The van der Waals surface area contributed by atoms with Crippen LogP contribution in [0.3, 0.4) is 0 Å². The second kappa shape index (κ2) is 12.8. The van der Waals surface area contributed by atoms with Crippen molar-refractivity contribution in [2.24, 2.45) is 5.41 Å². The van der Waals surface area contributed by atoms with Crippen LogP contribution < -0.4 is 15.0 Å². The van der Waals surface area contributed by atoms with E-state index >= 15 is 4.39 Å². The van der Waals surface area contributed by atoms with Crippen molar-refractivity contribution in [3.05, 3.63) is 65.1 Å². The number of likely N-dealkylation sites (tertiary alicyclic amines) is 1. The molecule has 3 aromatic rings. The summed E-state index contributed by atoms with van der Waals surface area (Å²) in [5.41, 5.74) is 1.87. The standard InChI is InChI=1S/C28H31F4N3O5/c1-39-18-2-3-24-20(12-18)25(17(16-36)15-33-24)21(29)4-5-28(27(37)34-38)6-8-35(9-7-28)10-11-40-19-13-22(30)26(32)23(31)14-19/h2-3,12-15,21,36,38H,4-11,16H2,1H3,(H,34,37)/t21-/m1/s1. The predicted octanol–water partition coefficient (Wildman–Crippen LogP) is 4.61. The van der Waals surface area contributed by atoms with E-state index in [0.29, 0.717) is 54.7 Å². The second-order valence-electron chi connectivity index (χ2n) is 9.86. The van der Waals surface area contributed by atoms with Crippen molar-refractivity contribution in [3.8, 4) is 11.5 Å². The van der Waals surface area contributed by atoms with E-state index in [4.69, 9.17) is 9.47 Å². The number of nitrogens with zero attached hydrogens (tertiary/aromatic N) is 2. The Balaban J connectivity index is 1.41. The first-order valence-electron chi connectivity index (χ1n) is 12.9. The van der Waals surface area contributed by atoms with Gasteiger partial charge in [-0.2, -0.15) is 0 Å². The molecule has 3 N–H and O–H groups in total. The molecule has 1 aliphatic rings. The number of aromatic nitrogens is 1. The molecule has 0 spiro atoms. The Kier molecular flexibility index (Phi) is 9.44. The largest absolute Gasteiger partial charge is 0.497 e. The molecular formula is C28H31F4N3O5. The molecule has 1 saturated heterocycles. The Labute approximate surface area is 228 Å². The number of carbonyl (C=O) groups excluding carboxylic acids is 1. The molecule has 8 nitrogen and oxygen atoms in total. The van der Waals surface area contributed by atoms with Crippen molar-refractivity contribution < 1.29 is 42.1 Å². The van der Waals surface area contributed by atoms with Gasteiger partial charge >= 0.3 is 0 Å². The number of halogens is 4. The Morgan fingerprint density at radius 3 is 2.48 bits per heavy atom. The summed E-state index contributed by atoms with van der Waals surface area (Å²) in [6.07, 6.45) is 0.653. The lowest BCUT2D eigenvalue weighted by Gasteiger charge is -2.40. The number of hydroxylamine groups is 1. The van der Waals surface area contributed by atoms with Crippen LogP contribution in [-0.2, 0) is 11.4 Å². The van der Waals surface area contributed by atoms with Gasteiger partial charge in [0.25, 0.3) is 0 Å². The Bertz CT molecular complexity index is 1320. The van der Waals surface area contributed by atoms with Gasteiger partial charge in [-0.3, -0.25) is 19.9 Å². The fourth-order valence-corrected chi connectivity index (χ4v) is 5.23. The number of methoxy groups -OCH3 is 1. The molecule has 40 heavy (non-hydrogen) atoms. The highest BCUT2D eigenvalue weighted by Crippen LogP contribution is 2.41. The molecule has 1 amide bonds. The number of carbonyl (C=O) groups is 1. The van der Waals surface area contributed by atoms with Gasteiger partial charge in [0.2, 0.25) is 5.91 Å². The van der Waals surface area contributed by atoms with E-state index in [1.165, 1.54) is 13.3 Å². The number of ether oxygens (including phenoxy) is 2. The maximum atomic E-state index is 15.8. The molecule has 1 fully saturated rings. The van der Waals surface area contributed by atoms with E-state index in [-0.39, 0.29) is 30.8 Å². The van der Waals surface area contributed by atoms with E-state index in [1.807, 2.05) is 4.90 Å². The molecule has 2 heterocycles. The van der Waals surface area contributed by atoms with Crippen molar-refractivity contribution in [2.45, 2.75) is 38.5 Å². The van der Waals surface area contributed by atoms with Crippen LogP contribution in [0.15, 0.2) is 36.5 Å². The van der Waals surface area contributed by atoms with E-state index in [0.717, 1.165) is 12.1 Å². The lowest BCUT2D eigenvalue weighted by molar-refractivity contribution is -0.143. The summed E-state index contributed by atoms with van der Waals surface area (Å²) in [5.74, 6) is -4.48. The summed E-state index contributed by atoms with van der Waals surface area (Å²) >= 11 is 0. The van der Waals surface area contributed by atoms with Gasteiger partial charge in [0, 0.05) is 41.4 Å². The lowest BCUT2D eigenvalue weighted by atomic mass is 9.73. The van der Waals surface area contributed by atoms with E-state index in [9.17, 15) is 28.3 Å². The van der Waals surface area contributed by atoms with Crippen LogP contribution in [0.25, 0.3) is 10.9 Å². The third-order valence-corrected chi connectivity index (χ3v) is 7.59. The molecule has 0 aliphatic carbocycles. The Hall–Kier alpha value is -3.48. The molecule has 0 saturated carbocycles. The monoisotopic (exact) mass is 565 g/mol. The zero-order valence-corrected chi connectivity index (χ0v) is 21.9. The number of amides is 1. The highest BCUT2D eigenvalue weighted by atomic mass is 19.2. The minimum absolute atomic E-state index is 0.0401. The summed E-state index contributed by atoms with van der Waals surface area (Å²) < 4.78 is 66.4. The number of hydrogen-bond acceptors (Lipinski definition) is 7. The lowest BCUT2D eigenvalue weighted by Crippen LogP contribution is -2.49. The third kappa shape index (κ3) is 6.29. The summed E-state index contributed by atoms with van der Waals surface area (Å²) in [7, 11) is 1.50. The van der Waals surface area contributed by atoms with Gasteiger partial charge in [-0.25, -0.2) is 23.0 Å². The van der Waals surface area contributed by atoms with E-state index in [1.54, 1.807) is 23.7 Å². The van der Waals surface area contributed by atoms with Gasteiger partial charge in [0.05, 0.1) is 24.6 Å². The maximum Gasteiger partial charge on any atom is 0.249 e. The average Bonchev–Trinajstić information content (AvgIpc) is 2.97. The molecule has 216 valence electrons. The molecule has 0 radical (unpaired) electrons. The third-order valence-electron chi connectivity index (χ3n) is 7.59. The number of pyridine rings is 1. The quantitative estimate of drug-likeness (QED) is 0.135. The molecule has 2 aromatic carbocycles. The fourth-order valence-electron chi connectivity index (χ4n) is 5.23. The van der Waals surface area contributed by atoms with Crippen LogP contribution >= 0.6 is 0 Å². The van der Waals surface area contributed by atoms with Gasteiger partial charge in [-0.05, 0) is 57.0 Å². The van der Waals surface area contributed by atoms with Crippen LogP contribution in [0.4, 0.5) is 17.6 Å².